The minimum absolute atomic E-state index is 0.148. The second-order valence-corrected chi connectivity index (χ2v) is 7.35. The molecule has 0 saturated heterocycles. The van der Waals surface area contributed by atoms with Crippen LogP contribution in [0.1, 0.15) is 47.1 Å². The molecule has 0 spiro atoms. The summed E-state index contributed by atoms with van der Waals surface area (Å²) >= 11 is 0. The first-order chi connectivity index (χ1) is 13.7. The van der Waals surface area contributed by atoms with E-state index in [1.807, 2.05) is 0 Å². The number of carboxylic acids is 1. The molecule has 2 aromatic carbocycles. The van der Waals surface area contributed by atoms with Crippen molar-refractivity contribution in [3.8, 4) is 11.1 Å². The highest BCUT2D eigenvalue weighted by atomic mass is 16.4. The van der Waals surface area contributed by atoms with Crippen LogP contribution in [-0.4, -0.2) is 35.7 Å². The summed E-state index contributed by atoms with van der Waals surface area (Å²) in [6, 6.07) is 9.77. The van der Waals surface area contributed by atoms with E-state index < -0.39 is 29.9 Å². The Labute approximate surface area is 168 Å². The number of amides is 2. The van der Waals surface area contributed by atoms with Gasteiger partial charge in [-0.1, -0.05) is 50.2 Å². The number of rotatable bonds is 6. The largest absolute Gasteiger partial charge is 0.548 e. The minimum atomic E-state index is -1.39. The number of carbonyl (C=O) groups is 4. The van der Waals surface area contributed by atoms with Gasteiger partial charge in [0.05, 0.1) is 12.0 Å². The number of hydrogen-bond acceptors (Lipinski definition) is 5. The van der Waals surface area contributed by atoms with Crippen LogP contribution in [0.2, 0.25) is 0 Å². The average molecular weight is 393 g/mol. The molecule has 2 N–H and O–H groups in total. The Morgan fingerprint density at radius 3 is 2.10 bits per heavy atom. The number of nitrogens with one attached hydrogen (secondary N) is 2. The first-order valence-corrected chi connectivity index (χ1v) is 9.31. The van der Waals surface area contributed by atoms with Gasteiger partial charge in [0.1, 0.15) is 6.04 Å². The van der Waals surface area contributed by atoms with Crippen LogP contribution < -0.4 is 15.7 Å². The van der Waals surface area contributed by atoms with E-state index in [-0.39, 0.29) is 17.3 Å². The minimum Gasteiger partial charge on any atom is -0.548 e. The molecule has 150 valence electrons. The summed E-state index contributed by atoms with van der Waals surface area (Å²) in [7, 11) is 0. The molecule has 0 aromatic heterocycles. The molecule has 2 aromatic rings. The van der Waals surface area contributed by atoms with Gasteiger partial charge in [-0.15, -0.1) is 0 Å². The molecule has 0 aliphatic heterocycles. The molecule has 0 radical (unpaired) electrons. The summed E-state index contributed by atoms with van der Waals surface area (Å²) < 4.78 is 0. The van der Waals surface area contributed by atoms with Gasteiger partial charge in [-0.3, -0.25) is 14.4 Å². The molecule has 7 heteroatoms. The van der Waals surface area contributed by atoms with Crippen LogP contribution in [0, 0.1) is 5.92 Å². The van der Waals surface area contributed by atoms with Crippen molar-refractivity contribution in [1.82, 2.24) is 10.6 Å². The molecule has 0 heterocycles. The molecule has 1 aliphatic carbocycles. The Kier molecular flexibility index (Phi) is 5.50. The molecule has 7 nitrogen and oxygen atoms in total. The summed E-state index contributed by atoms with van der Waals surface area (Å²) in [6.07, 6.45) is 0. The van der Waals surface area contributed by atoms with E-state index >= 15 is 0 Å². The van der Waals surface area contributed by atoms with E-state index in [0.717, 1.165) is 0 Å². The number of carbonyl (C=O) groups excluding carboxylic acids is 4. The maximum atomic E-state index is 12.9. The molecule has 2 atom stereocenters. The summed E-state index contributed by atoms with van der Waals surface area (Å²) in [4.78, 5) is 49.0. The highest BCUT2D eigenvalue weighted by Crippen LogP contribution is 2.38. The van der Waals surface area contributed by atoms with Gasteiger partial charge in [-0.25, -0.2) is 0 Å². The van der Waals surface area contributed by atoms with Crippen LogP contribution >= 0.6 is 0 Å². The topological polar surface area (TPSA) is 115 Å². The van der Waals surface area contributed by atoms with Crippen molar-refractivity contribution < 1.29 is 24.3 Å². The predicted molar refractivity (Wildman–Crippen MR) is 104 cm³/mol. The average Bonchev–Trinajstić information content (AvgIpc) is 2.98. The van der Waals surface area contributed by atoms with E-state index in [0.29, 0.717) is 22.3 Å². The Balaban J connectivity index is 1.82. The van der Waals surface area contributed by atoms with Gasteiger partial charge in [0.2, 0.25) is 5.91 Å². The number of fused-ring (bicyclic) bond motifs is 3. The van der Waals surface area contributed by atoms with Crippen LogP contribution in [0.3, 0.4) is 0 Å². The molecule has 0 bridgehead atoms. The Morgan fingerprint density at radius 1 is 0.862 bits per heavy atom. The first-order valence-electron chi connectivity index (χ1n) is 9.31. The molecule has 0 unspecified atom stereocenters. The molecule has 1 aliphatic rings. The van der Waals surface area contributed by atoms with Crippen LogP contribution in [0.4, 0.5) is 0 Å². The fraction of sp³-hybridized carbons (Fsp3) is 0.273. The molecule has 0 fully saturated rings. The highest BCUT2D eigenvalue weighted by Gasteiger charge is 2.31. The van der Waals surface area contributed by atoms with Crippen molar-refractivity contribution in [2.24, 2.45) is 5.92 Å². The number of carboxylic acid groups (broad SMARTS) is 1. The summed E-state index contributed by atoms with van der Waals surface area (Å²) in [5, 5.41) is 16.1. The first kappa shape index (κ1) is 20.3. The predicted octanol–water partition coefficient (Wildman–Crippen LogP) is 0.907. The number of aliphatic carboxylic acids is 1. The molecular formula is C22H21N2O5-. The van der Waals surface area contributed by atoms with Gasteiger partial charge < -0.3 is 20.5 Å². The standard InChI is InChI=1S/C22H22N2O5/c1-11(2)18(22(28)29)24-20(26)12(3)23-21(27)16-10-6-9-15-17(16)13-7-4-5-8-14(13)19(15)25/h4-12,18H,1-3H3,(H,23,27)(H,24,26)(H,28,29)/p-1/t12-,18-/m0/s1. The maximum Gasteiger partial charge on any atom is 0.252 e. The summed E-state index contributed by atoms with van der Waals surface area (Å²) in [6.45, 7) is 4.75. The number of benzene rings is 2. The van der Waals surface area contributed by atoms with Gasteiger partial charge >= 0.3 is 0 Å². The molecule has 0 saturated carbocycles. The zero-order chi connectivity index (χ0) is 21.3. The molecule has 29 heavy (non-hydrogen) atoms. The normalized spacial score (nSPS) is 14.0. The quantitative estimate of drug-likeness (QED) is 0.646. The lowest BCUT2D eigenvalue weighted by molar-refractivity contribution is -0.309. The van der Waals surface area contributed by atoms with Crippen molar-refractivity contribution in [3.05, 3.63) is 59.2 Å². The van der Waals surface area contributed by atoms with Crippen LogP contribution in [-0.2, 0) is 9.59 Å². The lowest BCUT2D eigenvalue weighted by Gasteiger charge is -2.25. The Morgan fingerprint density at radius 2 is 1.48 bits per heavy atom. The summed E-state index contributed by atoms with van der Waals surface area (Å²) in [5.74, 6) is -3.06. The van der Waals surface area contributed by atoms with Crippen molar-refractivity contribution >= 4 is 23.6 Å². The maximum absolute atomic E-state index is 12.9. The number of hydrogen-bond donors (Lipinski definition) is 2. The molecular weight excluding hydrogens is 372 g/mol. The van der Waals surface area contributed by atoms with Gasteiger partial charge in [0, 0.05) is 22.3 Å². The van der Waals surface area contributed by atoms with E-state index in [2.05, 4.69) is 10.6 Å². The summed E-state index contributed by atoms with van der Waals surface area (Å²) in [5.41, 5.74) is 2.45. The van der Waals surface area contributed by atoms with Crippen molar-refractivity contribution in [2.45, 2.75) is 32.9 Å². The van der Waals surface area contributed by atoms with E-state index in [4.69, 9.17) is 0 Å². The molecule has 2 amide bonds. The Bertz CT molecular complexity index is 1010. The van der Waals surface area contributed by atoms with Crippen LogP contribution in [0.15, 0.2) is 42.5 Å². The van der Waals surface area contributed by atoms with Crippen molar-refractivity contribution in [2.75, 3.05) is 0 Å². The number of ketones is 1. The smallest absolute Gasteiger partial charge is 0.252 e. The third-order valence-electron chi connectivity index (χ3n) is 4.95. The van der Waals surface area contributed by atoms with Gasteiger partial charge in [-0.2, -0.15) is 0 Å². The van der Waals surface area contributed by atoms with Gasteiger partial charge in [0.15, 0.2) is 5.78 Å². The fourth-order valence-electron chi connectivity index (χ4n) is 3.38. The van der Waals surface area contributed by atoms with E-state index in [1.165, 1.54) is 6.92 Å². The van der Waals surface area contributed by atoms with Crippen LogP contribution in [0.5, 0.6) is 0 Å². The van der Waals surface area contributed by atoms with Crippen molar-refractivity contribution in [1.29, 1.82) is 0 Å². The SMILES string of the molecule is CC(C)[C@H](NC(=O)[C@H](C)NC(=O)c1cccc2c1-c1ccccc1C2=O)C(=O)[O-]. The van der Waals surface area contributed by atoms with Gasteiger partial charge in [0.25, 0.3) is 5.91 Å². The second kappa shape index (κ2) is 7.87. The third kappa shape index (κ3) is 3.76. The van der Waals surface area contributed by atoms with E-state index in [1.54, 1.807) is 56.3 Å². The highest BCUT2D eigenvalue weighted by molar-refractivity contribution is 6.24. The zero-order valence-corrected chi connectivity index (χ0v) is 16.3. The monoisotopic (exact) mass is 393 g/mol. The third-order valence-corrected chi connectivity index (χ3v) is 4.95. The lowest BCUT2D eigenvalue weighted by atomic mass is 9.98. The van der Waals surface area contributed by atoms with Crippen LogP contribution in [0.25, 0.3) is 11.1 Å². The zero-order valence-electron chi connectivity index (χ0n) is 16.3. The fourth-order valence-corrected chi connectivity index (χ4v) is 3.38. The van der Waals surface area contributed by atoms with E-state index in [9.17, 15) is 24.3 Å². The lowest BCUT2D eigenvalue weighted by Crippen LogP contribution is -2.55. The molecule has 3 rings (SSSR count). The second-order valence-electron chi connectivity index (χ2n) is 7.35. The van der Waals surface area contributed by atoms with Gasteiger partial charge in [-0.05, 0) is 24.5 Å². The van der Waals surface area contributed by atoms with Crippen molar-refractivity contribution in [3.63, 3.8) is 0 Å². The Hall–Kier alpha value is -3.48.